The van der Waals surface area contributed by atoms with Gasteiger partial charge in [-0.2, -0.15) is 5.10 Å². The van der Waals surface area contributed by atoms with E-state index < -0.39 is 0 Å². The molecule has 0 radical (unpaired) electrons. The van der Waals surface area contributed by atoms with Crippen molar-refractivity contribution in [3.63, 3.8) is 0 Å². The normalized spacial score (nSPS) is 17.3. The smallest absolute Gasteiger partial charge is 0.155 e. The summed E-state index contributed by atoms with van der Waals surface area (Å²) in [5, 5.41) is 12.5. The van der Waals surface area contributed by atoms with Crippen molar-refractivity contribution in [2.45, 2.75) is 26.2 Å². The number of thiophene rings is 1. The minimum atomic E-state index is 0.752. The standard InChI is InChI=1S/C17H16N6S/c1-9-2-3-12-13(4-9)24-17-14(12)16(19-8-20-17)22-11-5-10-6-21-23-15(10)18-7-11/h5-9H,2-4H2,1H3,(H,18,21,23)(H,19,20,22)/t9-/m0/s1. The van der Waals surface area contributed by atoms with Crippen LogP contribution in [0, 0.1) is 5.92 Å². The lowest BCUT2D eigenvalue weighted by Crippen LogP contribution is -2.09. The number of nitrogens with one attached hydrogen (secondary N) is 2. The van der Waals surface area contributed by atoms with E-state index in [0.717, 1.165) is 46.1 Å². The molecule has 0 unspecified atom stereocenters. The van der Waals surface area contributed by atoms with Gasteiger partial charge in [0.1, 0.15) is 17.0 Å². The van der Waals surface area contributed by atoms with Gasteiger partial charge in [-0.05, 0) is 36.8 Å². The van der Waals surface area contributed by atoms with E-state index in [9.17, 15) is 0 Å². The first-order valence-corrected chi connectivity index (χ1v) is 8.91. The van der Waals surface area contributed by atoms with E-state index in [-0.39, 0.29) is 0 Å². The Balaban J connectivity index is 1.61. The van der Waals surface area contributed by atoms with Gasteiger partial charge in [-0.3, -0.25) is 5.10 Å². The maximum absolute atomic E-state index is 4.50. The predicted molar refractivity (Wildman–Crippen MR) is 95.8 cm³/mol. The molecular weight excluding hydrogens is 320 g/mol. The van der Waals surface area contributed by atoms with Crippen LogP contribution in [0.1, 0.15) is 23.8 Å². The van der Waals surface area contributed by atoms with Crippen LogP contribution >= 0.6 is 11.3 Å². The fourth-order valence-electron chi connectivity index (χ4n) is 3.41. The van der Waals surface area contributed by atoms with Gasteiger partial charge in [0.2, 0.25) is 0 Å². The average molecular weight is 336 g/mol. The van der Waals surface area contributed by atoms with E-state index in [4.69, 9.17) is 0 Å². The number of fused-ring (bicyclic) bond motifs is 4. The molecule has 0 fully saturated rings. The second-order valence-electron chi connectivity index (χ2n) is 6.41. The molecule has 1 aliphatic carbocycles. The molecule has 0 saturated carbocycles. The molecule has 0 saturated heterocycles. The van der Waals surface area contributed by atoms with Crippen LogP contribution in [0.15, 0.2) is 24.8 Å². The van der Waals surface area contributed by atoms with Gasteiger partial charge in [0.15, 0.2) is 5.65 Å². The third-order valence-electron chi connectivity index (χ3n) is 4.65. The molecule has 1 aliphatic rings. The van der Waals surface area contributed by atoms with Crippen molar-refractivity contribution in [2.24, 2.45) is 5.92 Å². The monoisotopic (exact) mass is 336 g/mol. The molecule has 7 heteroatoms. The summed E-state index contributed by atoms with van der Waals surface area (Å²) >= 11 is 1.81. The number of nitrogens with zero attached hydrogens (tertiary/aromatic N) is 4. The van der Waals surface area contributed by atoms with Crippen LogP contribution in [-0.4, -0.2) is 25.1 Å². The van der Waals surface area contributed by atoms with Crippen LogP contribution < -0.4 is 5.32 Å². The van der Waals surface area contributed by atoms with Crippen molar-refractivity contribution < 1.29 is 0 Å². The highest BCUT2D eigenvalue weighted by Crippen LogP contribution is 2.40. The van der Waals surface area contributed by atoms with Gasteiger partial charge in [0, 0.05) is 10.3 Å². The van der Waals surface area contributed by atoms with Crippen LogP contribution in [0.5, 0.6) is 0 Å². The Bertz CT molecular complexity index is 1050. The summed E-state index contributed by atoms with van der Waals surface area (Å²) in [6, 6.07) is 2.03. The molecule has 4 aromatic rings. The van der Waals surface area contributed by atoms with Gasteiger partial charge in [-0.15, -0.1) is 11.3 Å². The van der Waals surface area contributed by atoms with Crippen molar-refractivity contribution >= 4 is 44.1 Å². The Morgan fingerprint density at radius 3 is 3.17 bits per heavy atom. The lowest BCUT2D eigenvalue weighted by molar-refractivity contribution is 0.509. The van der Waals surface area contributed by atoms with E-state index in [1.54, 1.807) is 18.7 Å². The topological polar surface area (TPSA) is 79.4 Å². The highest BCUT2D eigenvalue weighted by Gasteiger charge is 2.23. The molecule has 4 heterocycles. The molecule has 4 aromatic heterocycles. The number of aromatic nitrogens is 5. The Labute approximate surface area is 142 Å². The molecule has 2 N–H and O–H groups in total. The highest BCUT2D eigenvalue weighted by atomic mass is 32.1. The van der Waals surface area contributed by atoms with Crippen molar-refractivity contribution in [1.29, 1.82) is 0 Å². The number of rotatable bonds is 2. The SMILES string of the molecule is C[C@H]1CCc2c(sc3ncnc(Nc4cnc5[nH]ncc5c4)c23)C1. The van der Waals surface area contributed by atoms with E-state index in [1.807, 2.05) is 17.4 Å². The summed E-state index contributed by atoms with van der Waals surface area (Å²) in [5.74, 6) is 1.62. The first-order chi connectivity index (χ1) is 11.8. The average Bonchev–Trinajstić information content (AvgIpc) is 3.18. The second-order valence-corrected chi connectivity index (χ2v) is 7.49. The number of aryl methyl sites for hydroxylation is 1. The van der Waals surface area contributed by atoms with Gasteiger partial charge in [-0.25, -0.2) is 15.0 Å². The fourth-order valence-corrected chi connectivity index (χ4v) is 4.76. The number of hydrogen-bond donors (Lipinski definition) is 2. The molecule has 0 aromatic carbocycles. The van der Waals surface area contributed by atoms with E-state index in [0.29, 0.717) is 0 Å². The Hall–Kier alpha value is -2.54. The van der Waals surface area contributed by atoms with Gasteiger partial charge in [-0.1, -0.05) is 6.92 Å². The number of pyridine rings is 1. The highest BCUT2D eigenvalue weighted by molar-refractivity contribution is 7.19. The minimum absolute atomic E-state index is 0.752. The number of anilines is 2. The van der Waals surface area contributed by atoms with E-state index in [1.165, 1.54) is 22.2 Å². The summed E-state index contributed by atoms with van der Waals surface area (Å²) in [6.07, 6.45) is 8.71. The third-order valence-corrected chi connectivity index (χ3v) is 5.81. The summed E-state index contributed by atoms with van der Waals surface area (Å²) < 4.78 is 0. The van der Waals surface area contributed by atoms with E-state index in [2.05, 4.69) is 37.4 Å². The summed E-state index contributed by atoms with van der Waals surface area (Å²) in [6.45, 7) is 2.32. The molecule has 0 bridgehead atoms. The van der Waals surface area contributed by atoms with Crippen LogP contribution in [0.3, 0.4) is 0 Å². The first-order valence-electron chi connectivity index (χ1n) is 8.09. The zero-order valence-corrected chi connectivity index (χ0v) is 14.0. The third kappa shape index (κ3) is 2.16. The summed E-state index contributed by atoms with van der Waals surface area (Å²) in [5.41, 5.74) is 3.12. The fraction of sp³-hybridized carbons (Fsp3) is 0.294. The molecule has 0 amide bonds. The summed E-state index contributed by atoms with van der Waals surface area (Å²) in [4.78, 5) is 15.9. The van der Waals surface area contributed by atoms with Crippen LogP contribution in [0.25, 0.3) is 21.3 Å². The lowest BCUT2D eigenvalue weighted by Gasteiger charge is -2.18. The van der Waals surface area contributed by atoms with Crippen LogP contribution in [0.4, 0.5) is 11.5 Å². The van der Waals surface area contributed by atoms with Crippen LogP contribution in [-0.2, 0) is 12.8 Å². The largest absolute Gasteiger partial charge is 0.338 e. The van der Waals surface area contributed by atoms with Gasteiger partial charge < -0.3 is 5.32 Å². The maximum atomic E-state index is 4.50. The van der Waals surface area contributed by atoms with Crippen molar-refractivity contribution in [3.05, 3.63) is 35.2 Å². The Morgan fingerprint density at radius 1 is 1.25 bits per heavy atom. The van der Waals surface area contributed by atoms with Gasteiger partial charge in [0.05, 0.1) is 23.5 Å². The summed E-state index contributed by atoms with van der Waals surface area (Å²) in [7, 11) is 0. The molecule has 1 atom stereocenters. The van der Waals surface area contributed by atoms with Crippen molar-refractivity contribution in [3.8, 4) is 0 Å². The van der Waals surface area contributed by atoms with E-state index >= 15 is 0 Å². The van der Waals surface area contributed by atoms with Crippen molar-refractivity contribution in [1.82, 2.24) is 25.1 Å². The molecule has 24 heavy (non-hydrogen) atoms. The van der Waals surface area contributed by atoms with Crippen molar-refractivity contribution in [2.75, 3.05) is 5.32 Å². The first kappa shape index (κ1) is 13.9. The lowest BCUT2D eigenvalue weighted by atomic mass is 9.89. The Kier molecular flexibility index (Phi) is 3.02. The zero-order valence-electron chi connectivity index (χ0n) is 13.2. The molecule has 5 rings (SSSR count). The quantitative estimate of drug-likeness (QED) is 0.581. The van der Waals surface area contributed by atoms with Gasteiger partial charge in [0.25, 0.3) is 0 Å². The molecule has 0 spiro atoms. The number of hydrogen-bond acceptors (Lipinski definition) is 6. The Morgan fingerprint density at radius 2 is 2.21 bits per heavy atom. The minimum Gasteiger partial charge on any atom is -0.338 e. The van der Waals surface area contributed by atoms with Gasteiger partial charge >= 0.3 is 0 Å². The number of aromatic amines is 1. The molecular formula is C17H16N6S. The number of H-pyrrole nitrogens is 1. The second kappa shape index (κ2) is 5.24. The molecule has 120 valence electrons. The molecule has 6 nitrogen and oxygen atoms in total. The van der Waals surface area contributed by atoms with Crippen LogP contribution in [0.2, 0.25) is 0 Å². The molecule has 0 aliphatic heterocycles. The predicted octanol–water partition coefficient (Wildman–Crippen LogP) is 3.83. The maximum Gasteiger partial charge on any atom is 0.155 e. The zero-order chi connectivity index (χ0) is 16.1.